The number of hydrogen-bond donors (Lipinski definition) is 1. The minimum absolute atomic E-state index is 0.306. The van der Waals surface area contributed by atoms with E-state index in [1.807, 2.05) is 50.6 Å². The molecule has 0 amide bonds. The minimum atomic E-state index is -3.67. The fraction of sp³-hybridized carbons (Fsp3) is 0.333. The van der Waals surface area contributed by atoms with Crippen molar-refractivity contribution in [2.45, 2.75) is 51.6 Å². The van der Waals surface area contributed by atoms with Crippen molar-refractivity contribution in [3.63, 3.8) is 0 Å². The van der Waals surface area contributed by atoms with E-state index in [0.717, 1.165) is 26.5 Å². The van der Waals surface area contributed by atoms with Gasteiger partial charge in [0.05, 0.1) is 10.5 Å². The van der Waals surface area contributed by atoms with Gasteiger partial charge in [0, 0.05) is 34.8 Å². The topological polar surface area (TPSA) is 87.8 Å². The Morgan fingerprint density at radius 1 is 1.24 bits per heavy atom. The van der Waals surface area contributed by atoms with Gasteiger partial charge in [-0.25, -0.2) is 18.1 Å². The molecule has 2 aromatic heterocycles. The predicted molar refractivity (Wildman–Crippen MR) is 117 cm³/mol. The lowest BCUT2D eigenvalue weighted by molar-refractivity contribution is 0.490. The molecule has 2 heterocycles. The molecular formula is C21H23BrN4O2S. The van der Waals surface area contributed by atoms with Crippen LogP contribution in [0.2, 0.25) is 0 Å². The van der Waals surface area contributed by atoms with Gasteiger partial charge in [0.1, 0.15) is 11.7 Å². The molecule has 0 saturated carbocycles. The van der Waals surface area contributed by atoms with Gasteiger partial charge < -0.3 is 4.57 Å². The Hall–Kier alpha value is -2.21. The molecular weight excluding hydrogens is 452 g/mol. The van der Waals surface area contributed by atoms with Gasteiger partial charge in [0.25, 0.3) is 0 Å². The average molecular weight is 475 g/mol. The van der Waals surface area contributed by atoms with Crippen LogP contribution in [-0.4, -0.2) is 24.0 Å². The average Bonchev–Trinajstić information content (AvgIpc) is 2.94. The second-order valence-electron chi connectivity index (χ2n) is 7.29. The molecule has 1 aromatic carbocycles. The summed E-state index contributed by atoms with van der Waals surface area (Å²) in [4.78, 5) is 4.73. The molecule has 8 heteroatoms. The number of halogens is 1. The summed E-state index contributed by atoms with van der Waals surface area (Å²) in [6.45, 7) is 7.98. The maximum Gasteiger partial charge on any atom is 0.241 e. The predicted octanol–water partition coefficient (Wildman–Crippen LogP) is 4.35. The number of sulfonamides is 1. The van der Waals surface area contributed by atoms with Crippen molar-refractivity contribution in [2.24, 2.45) is 0 Å². The normalized spacial score (nSPS) is 12.8. The van der Waals surface area contributed by atoms with E-state index in [1.165, 1.54) is 6.20 Å². The van der Waals surface area contributed by atoms with Gasteiger partial charge in [0.15, 0.2) is 0 Å². The first-order valence-corrected chi connectivity index (χ1v) is 11.6. The Kier molecular flexibility index (Phi) is 6.13. The van der Waals surface area contributed by atoms with E-state index in [1.54, 1.807) is 6.07 Å². The van der Waals surface area contributed by atoms with E-state index in [0.29, 0.717) is 29.1 Å². The number of aromatic nitrogens is 2. The SMILES string of the molecule is CC[C@@H](Cn1cc(Br)c2cc(C#N)cnc21)NS(=O)(=O)c1c(C)cc(C)cc1C. The highest BCUT2D eigenvalue weighted by molar-refractivity contribution is 9.10. The van der Waals surface area contributed by atoms with E-state index < -0.39 is 10.0 Å². The Balaban J connectivity index is 1.92. The number of fused-ring (bicyclic) bond motifs is 1. The monoisotopic (exact) mass is 474 g/mol. The summed E-state index contributed by atoms with van der Waals surface area (Å²) in [6, 6.07) is 7.32. The zero-order valence-electron chi connectivity index (χ0n) is 16.8. The molecule has 0 unspecified atom stereocenters. The van der Waals surface area contributed by atoms with Crippen molar-refractivity contribution in [3.05, 3.63) is 57.3 Å². The third kappa shape index (κ3) is 4.37. The van der Waals surface area contributed by atoms with Crippen molar-refractivity contribution in [1.29, 1.82) is 5.26 Å². The highest BCUT2D eigenvalue weighted by atomic mass is 79.9. The number of benzene rings is 1. The van der Waals surface area contributed by atoms with E-state index in [2.05, 4.69) is 31.7 Å². The van der Waals surface area contributed by atoms with Gasteiger partial charge >= 0.3 is 0 Å². The molecule has 0 bridgehead atoms. The number of pyridine rings is 1. The van der Waals surface area contributed by atoms with Gasteiger partial charge in [-0.3, -0.25) is 0 Å². The first-order chi connectivity index (χ1) is 13.7. The third-order valence-electron chi connectivity index (χ3n) is 4.90. The molecule has 1 atom stereocenters. The summed E-state index contributed by atoms with van der Waals surface area (Å²) in [5.74, 6) is 0. The number of hydrogen-bond acceptors (Lipinski definition) is 4. The number of rotatable bonds is 6. The van der Waals surface area contributed by atoms with Crippen LogP contribution in [0, 0.1) is 32.1 Å². The van der Waals surface area contributed by atoms with Crippen LogP contribution >= 0.6 is 15.9 Å². The van der Waals surface area contributed by atoms with Crippen LogP contribution in [0.5, 0.6) is 0 Å². The largest absolute Gasteiger partial charge is 0.330 e. The van der Waals surface area contributed by atoms with Crippen LogP contribution < -0.4 is 4.72 Å². The van der Waals surface area contributed by atoms with Gasteiger partial charge in [-0.2, -0.15) is 5.26 Å². The van der Waals surface area contributed by atoms with Crippen LogP contribution in [-0.2, 0) is 16.6 Å². The molecule has 0 radical (unpaired) electrons. The van der Waals surface area contributed by atoms with E-state index >= 15 is 0 Å². The van der Waals surface area contributed by atoms with Crippen molar-refractivity contribution in [2.75, 3.05) is 0 Å². The Bertz CT molecular complexity index is 1200. The summed E-state index contributed by atoms with van der Waals surface area (Å²) in [5.41, 5.74) is 3.71. The molecule has 152 valence electrons. The molecule has 3 rings (SSSR count). The standard InChI is InChI=1S/C21H23BrN4O2S/c1-5-17(25-29(27,28)20-14(3)6-13(2)7-15(20)4)11-26-12-19(22)18-8-16(9-23)10-24-21(18)26/h6-8,10,12,17,25H,5,11H2,1-4H3/t17-/m0/s1. The summed E-state index contributed by atoms with van der Waals surface area (Å²) in [6.07, 6.45) is 4.02. The highest BCUT2D eigenvalue weighted by Gasteiger charge is 2.24. The van der Waals surface area contributed by atoms with Crippen LogP contribution in [0.25, 0.3) is 11.0 Å². The number of nitrogens with zero attached hydrogens (tertiary/aromatic N) is 3. The maximum absolute atomic E-state index is 13.1. The molecule has 6 nitrogen and oxygen atoms in total. The van der Waals surface area contributed by atoms with Crippen LogP contribution in [0.3, 0.4) is 0 Å². The number of nitriles is 1. The quantitative estimate of drug-likeness (QED) is 0.574. The van der Waals surface area contributed by atoms with Crippen molar-refractivity contribution in [1.82, 2.24) is 14.3 Å². The Morgan fingerprint density at radius 3 is 2.48 bits per heavy atom. The summed E-state index contributed by atoms with van der Waals surface area (Å²) < 4.78 is 31.8. The smallest absolute Gasteiger partial charge is 0.241 e. The second kappa shape index (κ2) is 8.27. The fourth-order valence-electron chi connectivity index (χ4n) is 3.69. The first kappa shape index (κ1) is 21.5. The summed E-state index contributed by atoms with van der Waals surface area (Å²) >= 11 is 3.51. The van der Waals surface area contributed by atoms with Crippen molar-refractivity contribution in [3.8, 4) is 6.07 Å². The molecule has 0 aliphatic carbocycles. The number of nitrogens with one attached hydrogen (secondary N) is 1. The second-order valence-corrected chi connectivity index (χ2v) is 9.80. The lowest BCUT2D eigenvalue weighted by atomic mass is 10.1. The van der Waals surface area contributed by atoms with E-state index in [-0.39, 0.29) is 6.04 Å². The van der Waals surface area contributed by atoms with Gasteiger partial charge in [-0.05, 0) is 60.3 Å². The molecule has 3 aromatic rings. The molecule has 0 saturated heterocycles. The van der Waals surface area contributed by atoms with Gasteiger partial charge in [-0.15, -0.1) is 0 Å². The highest BCUT2D eigenvalue weighted by Crippen LogP contribution is 2.27. The third-order valence-corrected chi connectivity index (χ3v) is 7.36. The molecule has 0 aliphatic heterocycles. The molecule has 1 N–H and O–H groups in total. The zero-order chi connectivity index (χ0) is 21.3. The molecule has 0 aliphatic rings. The summed E-state index contributed by atoms with van der Waals surface area (Å²) in [5, 5.41) is 9.91. The first-order valence-electron chi connectivity index (χ1n) is 9.31. The zero-order valence-corrected chi connectivity index (χ0v) is 19.2. The molecule has 0 fully saturated rings. The van der Waals surface area contributed by atoms with Crippen LogP contribution in [0.1, 0.15) is 35.6 Å². The van der Waals surface area contributed by atoms with Crippen molar-refractivity contribution >= 4 is 37.0 Å². The van der Waals surface area contributed by atoms with E-state index in [4.69, 9.17) is 5.26 Å². The molecule has 29 heavy (non-hydrogen) atoms. The Morgan fingerprint density at radius 2 is 1.90 bits per heavy atom. The fourth-order valence-corrected chi connectivity index (χ4v) is 5.99. The van der Waals surface area contributed by atoms with E-state index in [9.17, 15) is 8.42 Å². The van der Waals surface area contributed by atoms with Crippen LogP contribution in [0.4, 0.5) is 0 Å². The lowest BCUT2D eigenvalue weighted by Gasteiger charge is -2.20. The van der Waals surface area contributed by atoms with Crippen molar-refractivity contribution < 1.29 is 8.42 Å². The summed E-state index contributed by atoms with van der Waals surface area (Å²) in [7, 11) is -3.67. The minimum Gasteiger partial charge on any atom is -0.330 e. The number of aryl methyl sites for hydroxylation is 3. The maximum atomic E-state index is 13.1. The van der Waals surface area contributed by atoms with Crippen LogP contribution in [0.15, 0.2) is 40.0 Å². The molecule has 0 spiro atoms. The Labute approximate surface area is 179 Å². The van der Waals surface area contributed by atoms with Gasteiger partial charge in [0.2, 0.25) is 10.0 Å². The van der Waals surface area contributed by atoms with Gasteiger partial charge in [-0.1, -0.05) is 24.6 Å². The lowest BCUT2D eigenvalue weighted by Crippen LogP contribution is -2.38.